The summed E-state index contributed by atoms with van der Waals surface area (Å²) in [5, 5.41) is 3.98. The van der Waals surface area contributed by atoms with Gasteiger partial charge in [0, 0.05) is 30.2 Å². The van der Waals surface area contributed by atoms with Gasteiger partial charge < -0.3 is 20.7 Å². The van der Waals surface area contributed by atoms with E-state index in [-0.39, 0.29) is 18.3 Å². The number of nitrogens with two attached hydrogens (primary N) is 1. The summed E-state index contributed by atoms with van der Waals surface area (Å²) in [6.45, 7) is 6.69. The van der Waals surface area contributed by atoms with E-state index >= 15 is 0 Å². The van der Waals surface area contributed by atoms with Crippen LogP contribution in [0, 0.1) is 12.7 Å². The molecule has 0 unspecified atom stereocenters. The highest BCUT2D eigenvalue weighted by Gasteiger charge is 2.15. The number of hydrogen-bond acceptors (Lipinski definition) is 6. The molecule has 0 bridgehead atoms. The topological polar surface area (TPSA) is 93.4 Å². The Labute approximate surface area is 168 Å². The summed E-state index contributed by atoms with van der Waals surface area (Å²) in [6, 6.07) is 7.70. The highest BCUT2D eigenvalue weighted by Crippen LogP contribution is 2.32. The second-order valence-corrected chi connectivity index (χ2v) is 6.57. The van der Waals surface area contributed by atoms with Gasteiger partial charge in [0.1, 0.15) is 23.7 Å². The Morgan fingerprint density at radius 3 is 2.69 bits per heavy atom. The zero-order valence-corrected chi connectivity index (χ0v) is 16.7. The van der Waals surface area contributed by atoms with Crippen LogP contribution >= 0.6 is 0 Å². The Kier molecular flexibility index (Phi) is 6.11. The SMILES string of the molecule is CCN(CC)C(=O)COc1cc(F)ccc1Nc1ncnc2cc(N)cc(C)c12. The van der Waals surface area contributed by atoms with Crippen LogP contribution in [-0.2, 0) is 4.79 Å². The molecule has 29 heavy (non-hydrogen) atoms. The van der Waals surface area contributed by atoms with Crippen molar-refractivity contribution < 1.29 is 13.9 Å². The van der Waals surface area contributed by atoms with Gasteiger partial charge in [0.2, 0.25) is 0 Å². The third-order valence-corrected chi connectivity index (χ3v) is 4.62. The first-order valence-electron chi connectivity index (χ1n) is 9.40. The number of aromatic nitrogens is 2. The second kappa shape index (κ2) is 8.72. The first-order chi connectivity index (χ1) is 13.9. The summed E-state index contributed by atoms with van der Waals surface area (Å²) in [6.07, 6.45) is 1.43. The molecule has 2 aromatic carbocycles. The normalized spacial score (nSPS) is 10.8. The maximum Gasteiger partial charge on any atom is 0.260 e. The van der Waals surface area contributed by atoms with Crippen molar-refractivity contribution in [3.63, 3.8) is 0 Å². The minimum absolute atomic E-state index is 0.163. The van der Waals surface area contributed by atoms with E-state index < -0.39 is 5.82 Å². The largest absolute Gasteiger partial charge is 0.481 e. The molecule has 0 aliphatic rings. The van der Waals surface area contributed by atoms with Gasteiger partial charge in [-0.15, -0.1) is 0 Å². The maximum absolute atomic E-state index is 13.8. The van der Waals surface area contributed by atoms with Crippen LogP contribution in [0.3, 0.4) is 0 Å². The highest BCUT2D eigenvalue weighted by atomic mass is 19.1. The van der Waals surface area contributed by atoms with E-state index in [1.165, 1.54) is 18.5 Å². The van der Waals surface area contributed by atoms with Crippen LogP contribution in [0.25, 0.3) is 10.9 Å². The number of aryl methyl sites for hydroxylation is 1. The van der Waals surface area contributed by atoms with Gasteiger partial charge in [0.15, 0.2) is 6.61 Å². The molecule has 0 aliphatic carbocycles. The molecule has 3 aromatic rings. The molecular formula is C21H24FN5O2. The summed E-state index contributed by atoms with van der Waals surface area (Å²) in [7, 11) is 0. The molecule has 152 valence electrons. The number of carbonyl (C=O) groups is 1. The van der Waals surface area contributed by atoms with Crippen LogP contribution in [0.2, 0.25) is 0 Å². The summed E-state index contributed by atoms with van der Waals surface area (Å²) in [5.74, 6) is 0.144. The fraction of sp³-hybridized carbons (Fsp3) is 0.286. The molecule has 0 atom stereocenters. The number of nitrogens with zero attached hydrogens (tertiary/aromatic N) is 3. The molecule has 0 spiro atoms. The molecule has 1 heterocycles. The van der Waals surface area contributed by atoms with Crippen molar-refractivity contribution in [3.8, 4) is 5.75 Å². The van der Waals surface area contributed by atoms with E-state index in [1.807, 2.05) is 26.8 Å². The first kappa shape index (κ1) is 20.3. The predicted molar refractivity (Wildman–Crippen MR) is 112 cm³/mol. The van der Waals surface area contributed by atoms with Gasteiger partial charge in [-0.05, 0) is 50.6 Å². The number of benzene rings is 2. The van der Waals surface area contributed by atoms with Gasteiger partial charge >= 0.3 is 0 Å². The van der Waals surface area contributed by atoms with Crippen LogP contribution in [0.15, 0.2) is 36.7 Å². The predicted octanol–water partition coefficient (Wildman–Crippen LogP) is 3.65. The fourth-order valence-corrected chi connectivity index (χ4v) is 3.17. The van der Waals surface area contributed by atoms with E-state index in [2.05, 4.69) is 15.3 Å². The average Bonchev–Trinajstić information content (AvgIpc) is 2.68. The number of amides is 1. The third kappa shape index (κ3) is 4.53. The number of ether oxygens (including phenoxy) is 1. The summed E-state index contributed by atoms with van der Waals surface area (Å²) >= 11 is 0. The standard InChI is InChI=1S/C21H24FN5O2/c1-4-27(5-2)19(28)11-29-18-9-14(22)6-7-16(18)26-21-20-13(3)8-15(23)10-17(20)24-12-25-21/h6-10,12H,4-5,11,23H2,1-3H3,(H,24,25,26). The zero-order chi connectivity index (χ0) is 21.0. The molecule has 0 radical (unpaired) electrons. The minimum Gasteiger partial charge on any atom is -0.481 e. The van der Waals surface area contributed by atoms with Gasteiger partial charge in [-0.3, -0.25) is 4.79 Å². The highest BCUT2D eigenvalue weighted by molar-refractivity contribution is 5.95. The van der Waals surface area contributed by atoms with Crippen molar-refractivity contribution >= 4 is 34.0 Å². The molecule has 3 N–H and O–H groups in total. The smallest absolute Gasteiger partial charge is 0.260 e. The molecule has 0 aliphatic heterocycles. The van der Waals surface area contributed by atoms with Crippen molar-refractivity contribution in [1.82, 2.24) is 14.9 Å². The van der Waals surface area contributed by atoms with Crippen molar-refractivity contribution in [1.29, 1.82) is 0 Å². The van der Waals surface area contributed by atoms with E-state index in [1.54, 1.807) is 17.0 Å². The van der Waals surface area contributed by atoms with E-state index in [4.69, 9.17) is 10.5 Å². The molecule has 1 amide bonds. The van der Waals surface area contributed by atoms with Gasteiger partial charge in [-0.2, -0.15) is 0 Å². The zero-order valence-electron chi connectivity index (χ0n) is 16.7. The lowest BCUT2D eigenvalue weighted by Gasteiger charge is -2.20. The molecule has 3 rings (SSSR count). The summed E-state index contributed by atoms with van der Waals surface area (Å²) in [4.78, 5) is 22.5. The van der Waals surface area contributed by atoms with E-state index in [9.17, 15) is 9.18 Å². The molecule has 7 nitrogen and oxygen atoms in total. The fourth-order valence-electron chi connectivity index (χ4n) is 3.17. The number of halogens is 1. The van der Waals surface area contributed by atoms with E-state index in [0.29, 0.717) is 35.8 Å². The Bertz CT molecular complexity index is 1040. The number of nitrogens with one attached hydrogen (secondary N) is 1. The van der Waals surface area contributed by atoms with Crippen LogP contribution in [0.4, 0.5) is 21.6 Å². The number of fused-ring (bicyclic) bond motifs is 1. The minimum atomic E-state index is -0.461. The first-order valence-corrected chi connectivity index (χ1v) is 9.40. The van der Waals surface area contributed by atoms with Crippen LogP contribution in [-0.4, -0.2) is 40.5 Å². The van der Waals surface area contributed by atoms with Crippen LogP contribution in [0.1, 0.15) is 19.4 Å². The number of anilines is 3. The van der Waals surface area contributed by atoms with Gasteiger partial charge in [0.05, 0.1) is 11.2 Å². The third-order valence-electron chi connectivity index (χ3n) is 4.62. The van der Waals surface area contributed by atoms with E-state index in [0.717, 1.165) is 10.9 Å². The molecule has 0 saturated heterocycles. The molecule has 0 saturated carbocycles. The number of nitrogen functional groups attached to an aromatic ring is 1. The van der Waals surface area contributed by atoms with Crippen molar-refractivity contribution in [2.45, 2.75) is 20.8 Å². The van der Waals surface area contributed by atoms with Gasteiger partial charge in [-0.1, -0.05) is 0 Å². The number of hydrogen-bond donors (Lipinski definition) is 2. The molecule has 1 aromatic heterocycles. The summed E-state index contributed by atoms with van der Waals surface area (Å²) < 4.78 is 19.5. The van der Waals surface area contributed by atoms with Crippen molar-refractivity contribution in [2.75, 3.05) is 30.7 Å². The van der Waals surface area contributed by atoms with Gasteiger partial charge in [0.25, 0.3) is 5.91 Å². The van der Waals surface area contributed by atoms with Crippen molar-refractivity contribution in [3.05, 3.63) is 48.0 Å². The van der Waals surface area contributed by atoms with Crippen molar-refractivity contribution in [2.24, 2.45) is 0 Å². The lowest BCUT2D eigenvalue weighted by molar-refractivity contribution is -0.132. The molecule has 0 fully saturated rings. The number of rotatable bonds is 7. The average molecular weight is 397 g/mol. The van der Waals surface area contributed by atoms with Crippen LogP contribution < -0.4 is 15.8 Å². The summed E-state index contributed by atoms with van der Waals surface area (Å²) in [5.41, 5.74) is 8.61. The maximum atomic E-state index is 13.8. The molecule has 8 heteroatoms. The number of likely N-dealkylation sites (N-methyl/N-ethyl adjacent to an activating group) is 1. The Morgan fingerprint density at radius 2 is 1.97 bits per heavy atom. The quantitative estimate of drug-likeness (QED) is 0.591. The van der Waals surface area contributed by atoms with Gasteiger partial charge in [-0.25, -0.2) is 14.4 Å². The molecular weight excluding hydrogens is 373 g/mol. The monoisotopic (exact) mass is 397 g/mol. The second-order valence-electron chi connectivity index (χ2n) is 6.57. The Hall–Kier alpha value is -3.42. The Balaban J connectivity index is 1.91. The van der Waals surface area contributed by atoms with Crippen LogP contribution in [0.5, 0.6) is 5.75 Å². The number of carbonyl (C=O) groups excluding carboxylic acids is 1. The Morgan fingerprint density at radius 1 is 1.21 bits per heavy atom. The lowest BCUT2D eigenvalue weighted by Crippen LogP contribution is -2.34. The lowest BCUT2D eigenvalue weighted by atomic mass is 10.1.